The average molecular weight is 447 g/mol. The molecule has 0 bridgehead atoms. The Morgan fingerprint density at radius 2 is 1.79 bits per heavy atom. The number of esters is 1. The number of para-hydroxylation sites is 1. The van der Waals surface area contributed by atoms with Gasteiger partial charge in [0.15, 0.2) is 6.61 Å². The molecule has 0 fully saturated rings. The second kappa shape index (κ2) is 9.86. The molecule has 170 valence electrons. The van der Waals surface area contributed by atoms with Crippen molar-refractivity contribution in [3.63, 3.8) is 0 Å². The van der Waals surface area contributed by atoms with E-state index in [2.05, 4.69) is 9.55 Å². The van der Waals surface area contributed by atoms with Crippen LogP contribution in [0.4, 0.5) is 4.39 Å². The quantitative estimate of drug-likeness (QED) is 0.279. The van der Waals surface area contributed by atoms with Gasteiger partial charge < -0.3 is 14.3 Å². The van der Waals surface area contributed by atoms with Crippen LogP contribution in [0.3, 0.4) is 0 Å². The van der Waals surface area contributed by atoms with Crippen LogP contribution in [0.25, 0.3) is 10.9 Å². The highest BCUT2D eigenvalue weighted by molar-refractivity contribution is 5.99. The summed E-state index contributed by atoms with van der Waals surface area (Å²) in [6, 6.07) is 16.2. The number of ketones is 1. The van der Waals surface area contributed by atoms with E-state index < -0.39 is 5.97 Å². The Hall–Kier alpha value is -3.67. The molecule has 0 aliphatic heterocycles. The van der Waals surface area contributed by atoms with Gasteiger partial charge in [0.25, 0.3) is 0 Å². The van der Waals surface area contributed by atoms with Crippen molar-refractivity contribution in [1.29, 1.82) is 0 Å². The van der Waals surface area contributed by atoms with Crippen molar-refractivity contribution >= 4 is 22.7 Å². The van der Waals surface area contributed by atoms with Crippen molar-refractivity contribution in [1.82, 2.24) is 9.55 Å². The zero-order chi connectivity index (χ0) is 23.4. The lowest BCUT2D eigenvalue weighted by Crippen LogP contribution is -2.15. The topological polar surface area (TPSA) is 64.1 Å². The van der Waals surface area contributed by atoms with Gasteiger partial charge in [-0.2, -0.15) is 0 Å². The number of halogens is 1. The number of fused-ring (bicyclic) bond motifs is 1. The summed E-state index contributed by atoms with van der Waals surface area (Å²) in [5.74, 6) is -0.855. The Bertz CT molecular complexity index is 1280. The van der Waals surface area contributed by atoms with Gasteiger partial charge in [-0.25, -0.2) is 4.39 Å². The smallest absolute Gasteiger partial charge is 0.306 e. The number of benzene rings is 2. The van der Waals surface area contributed by atoms with Gasteiger partial charge in [0.05, 0.1) is 0 Å². The van der Waals surface area contributed by atoms with Crippen LogP contribution in [0, 0.1) is 19.7 Å². The molecule has 4 aromatic rings. The molecule has 33 heavy (non-hydrogen) atoms. The molecular weight excluding hydrogens is 419 g/mol. The number of ether oxygens (including phenoxy) is 1. The van der Waals surface area contributed by atoms with E-state index in [4.69, 9.17) is 4.74 Å². The zero-order valence-electron chi connectivity index (χ0n) is 18.9. The summed E-state index contributed by atoms with van der Waals surface area (Å²) in [6.07, 6.45) is 3.40. The Balaban J connectivity index is 1.31. The summed E-state index contributed by atoms with van der Waals surface area (Å²) in [6.45, 7) is 4.25. The molecule has 2 heterocycles. The van der Waals surface area contributed by atoms with Gasteiger partial charge in [-0.3, -0.25) is 9.59 Å². The third kappa shape index (κ3) is 5.22. The number of aromatic nitrogens is 2. The first-order valence-electron chi connectivity index (χ1n) is 11.1. The predicted molar refractivity (Wildman–Crippen MR) is 126 cm³/mol. The molecule has 6 heteroatoms. The van der Waals surface area contributed by atoms with Gasteiger partial charge in [0.1, 0.15) is 5.82 Å². The van der Waals surface area contributed by atoms with Crippen molar-refractivity contribution in [2.75, 3.05) is 6.61 Å². The van der Waals surface area contributed by atoms with Crippen molar-refractivity contribution in [2.45, 2.75) is 39.7 Å². The number of aryl methyl sites for hydroxylation is 3. The number of H-pyrrole nitrogens is 1. The third-order valence-corrected chi connectivity index (χ3v) is 6.05. The minimum absolute atomic E-state index is 0.212. The lowest BCUT2D eigenvalue weighted by molar-refractivity contribution is -0.142. The van der Waals surface area contributed by atoms with E-state index in [9.17, 15) is 14.0 Å². The fourth-order valence-corrected chi connectivity index (χ4v) is 4.19. The normalized spacial score (nSPS) is 11.1. The van der Waals surface area contributed by atoms with Crippen LogP contribution in [0.15, 0.2) is 60.8 Å². The largest absolute Gasteiger partial charge is 0.457 e. The Kier molecular flexibility index (Phi) is 6.73. The van der Waals surface area contributed by atoms with Crippen molar-refractivity contribution in [2.24, 2.45) is 0 Å². The van der Waals surface area contributed by atoms with Gasteiger partial charge >= 0.3 is 5.97 Å². The maximum atomic E-state index is 13.1. The molecule has 1 N–H and O–H groups in total. The summed E-state index contributed by atoms with van der Waals surface area (Å²) in [4.78, 5) is 28.1. The standard InChI is InChI=1S/C27H27FN2O3/c1-18-15-24(19(2)30(18)14-13-20-7-10-22(28)11-8-20)26(31)17-33-27(32)12-9-21-16-29-25-6-4-3-5-23(21)25/h3-8,10-11,15-16,29H,9,12-14,17H2,1-2H3. The highest BCUT2D eigenvalue weighted by atomic mass is 19.1. The van der Waals surface area contributed by atoms with Crippen LogP contribution in [0.1, 0.15) is 39.3 Å². The summed E-state index contributed by atoms with van der Waals surface area (Å²) >= 11 is 0. The SMILES string of the molecule is Cc1cc(C(=O)COC(=O)CCc2c[nH]c3ccccc23)c(C)n1CCc1ccc(F)cc1. The molecule has 0 radical (unpaired) electrons. The lowest BCUT2D eigenvalue weighted by atomic mass is 10.1. The highest BCUT2D eigenvalue weighted by Crippen LogP contribution is 2.20. The highest BCUT2D eigenvalue weighted by Gasteiger charge is 2.17. The van der Waals surface area contributed by atoms with Crippen LogP contribution < -0.4 is 0 Å². The Morgan fingerprint density at radius 3 is 2.58 bits per heavy atom. The molecule has 0 saturated carbocycles. The van der Waals surface area contributed by atoms with Crippen LogP contribution in [0.5, 0.6) is 0 Å². The molecule has 0 aliphatic carbocycles. The number of carbonyl (C=O) groups excluding carboxylic acids is 2. The summed E-state index contributed by atoms with van der Waals surface area (Å²) in [5.41, 5.74) is 5.49. The van der Waals surface area contributed by atoms with E-state index in [1.54, 1.807) is 12.1 Å². The first-order valence-corrected chi connectivity index (χ1v) is 11.1. The van der Waals surface area contributed by atoms with Gasteiger partial charge in [0, 0.05) is 47.0 Å². The van der Waals surface area contributed by atoms with E-state index in [0.717, 1.165) is 39.8 Å². The minimum Gasteiger partial charge on any atom is -0.457 e. The average Bonchev–Trinajstić information content (AvgIpc) is 3.36. The number of hydrogen-bond acceptors (Lipinski definition) is 3. The number of aromatic amines is 1. The Labute approximate surface area is 192 Å². The van der Waals surface area contributed by atoms with E-state index in [1.165, 1.54) is 12.1 Å². The number of hydrogen-bond donors (Lipinski definition) is 1. The molecule has 0 unspecified atom stereocenters. The van der Waals surface area contributed by atoms with Crippen molar-refractivity contribution < 1.29 is 18.7 Å². The van der Waals surface area contributed by atoms with E-state index in [-0.39, 0.29) is 24.6 Å². The van der Waals surface area contributed by atoms with Crippen molar-refractivity contribution in [3.8, 4) is 0 Å². The van der Waals surface area contributed by atoms with Gasteiger partial charge in [-0.15, -0.1) is 0 Å². The molecule has 5 nitrogen and oxygen atoms in total. The van der Waals surface area contributed by atoms with Gasteiger partial charge in [0.2, 0.25) is 5.78 Å². The molecule has 2 aromatic carbocycles. The van der Waals surface area contributed by atoms with Crippen LogP contribution >= 0.6 is 0 Å². The number of rotatable bonds is 9. The van der Waals surface area contributed by atoms with Crippen LogP contribution in [-0.2, 0) is 28.9 Å². The predicted octanol–water partition coefficient (Wildman–Crippen LogP) is 5.33. The fraction of sp³-hybridized carbons (Fsp3) is 0.259. The second-order valence-electron chi connectivity index (χ2n) is 8.26. The summed E-state index contributed by atoms with van der Waals surface area (Å²) in [7, 11) is 0. The van der Waals surface area contributed by atoms with E-state index in [0.29, 0.717) is 18.5 Å². The van der Waals surface area contributed by atoms with Gasteiger partial charge in [-0.05, 0) is 62.1 Å². The zero-order valence-corrected chi connectivity index (χ0v) is 18.9. The maximum Gasteiger partial charge on any atom is 0.306 e. The number of Topliss-reactive ketones (excluding diaryl/α,β-unsaturated/α-hetero) is 1. The molecular formula is C27H27FN2O3. The molecule has 0 saturated heterocycles. The van der Waals surface area contributed by atoms with Crippen LogP contribution in [0.2, 0.25) is 0 Å². The fourth-order valence-electron chi connectivity index (χ4n) is 4.19. The van der Waals surface area contributed by atoms with E-state index in [1.807, 2.05) is 50.4 Å². The summed E-state index contributed by atoms with van der Waals surface area (Å²) < 4.78 is 20.4. The van der Waals surface area contributed by atoms with Crippen molar-refractivity contribution in [3.05, 3.63) is 94.7 Å². The molecule has 0 atom stereocenters. The van der Waals surface area contributed by atoms with Crippen LogP contribution in [-0.4, -0.2) is 27.9 Å². The molecule has 0 spiro atoms. The molecule has 0 amide bonds. The number of carbonyl (C=O) groups is 2. The molecule has 0 aliphatic rings. The number of nitrogens with one attached hydrogen (secondary N) is 1. The summed E-state index contributed by atoms with van der Waals surface area (Å²) in [5, 5.41) is 1.09. The molecule has 2 aromatic heterocycles. The third-order valence-electron chi connectivity index (χ3n) is 6.05. The Morgan fingerprint density at radius 1 is 1.03 bits per heavy atom. The number of nitrogens with zero attached hydrogens (tertiary/aromatic N) is 1. The lowest BCUT2D eigenvalue weighted by Gasteiger charge is -2.10. The monoisotopic (exact) mass is 446 g/mol. The van der Waals surface area contributed by atoms with E-state index >= 15 is 0 Å². The first kappa shape index (κ1) is 22.5. The van der Waals surface area contributed by atoms with Gasteiger partial charge in [-0.1, -0.05) is 30.3 Å². The first-order chi connectivity index (χ1) is 15.9. The second-order valence-corrected chi connectivity index (χ2v) is 8.26. The maximum absolute atomic E-state index is 13.1. The minimum atomic E-state index is -0.390. The molecule has 4 rings (SSSR count).